The van der Waals surface area contributed by atoms with Crippen LogP contribution >= 0.6 is 11.1 Å². The van der Waals surface area contributed by atoms with Gasteiger partial charge in [-0.15, -0.1) is 0 Å². The molecule has 0 aromatic heterocycles. The van der Waals surface area contributed by atoms with Gasteiger partial charge in [0.05, 0.1) is 19.4 Å². The molecule has 60 valence electrons. The Morgan fingerprint density at radius 1 is 1.70 bits per heavy atom. The maximum atomic E-state index is 6.01. The van der Waals surface area contributed by atoms with Crippen molar-refractivity contribution in [1.82, 2.24) is 0 Å². The Bertz CT molecular complexity index is 109. The van der Waals surface area contributed by atoms with Crippen molar-refractivity contribution < 1.29 is 9.47 Å². The summed E-state index contributed by atoms with van der Waals surface area (Å²) in [5.41, 5.74) is 0. The molecule has 0 aromatic rings. The highest BCUT2D eigenvalue weighted by atomic mass is 35.6. The zero-order valence-corrected chi connectivity index (χ0v) is 8.15. The normalized spacial score (nSPS) is 24.9. The van der Waals surface area contributed by atoms with E-state index in [2.05, 4.69) is 13.1 Å². The molecule has 0 bridgehead atoms. The number of hydrogen-bond acceptors (Lipinski definition) is 2. The fraction of sp³-hybridized carbons (Fsp3) is 1.00. The van der Waals surface area contributed by atoms with E-state index < -0.39 is 7.38 Å². The summed E-state index contributed by atoms with van der Waals surface area (Å²) in [4.78, 5) is 0. The molecule has 4 heteroatoms. The fourth-order valence-electron chi connectivity index (χ4n) is 0.597. The van der Waals surface area contributed by atoms with Crippen molar-refractivity contribution >= 4 is 18.5 Å². The molecule has 1 saturated heterocycles. The summed E-state index contributed by atoms with van der Waals surface area (Å²) in [6.07, 6.45) is 1.10. The quantitative estimate of drug-likeness (QED) is 0.371. The van der Waals surface area contributed by atoms with E-state index in [0.29, 0.717) is 6.10 Å². The Kier molecular flexibility index (Phi) is 2.74. The maximum Gasteiger partial charge on any atom is 0.176 e. The molecule has 0 aliphatic carbocycles. The molecule has 1 aliphatic rings. The van der Waals surface area contributed by atoms with E-state index in [9.17, 15) is 0 Å². The van der Waals surface area contributed by atoms with Crippen molar-refractivity contribution in [3.8, 4) is 0 Å². The third kappa shape index (κ3) is 4.28. The third-order valence-corrected chi connectivity index (χ3v) is 2.37. The molecule has 0 amide bonds. The van der Waals surface area contributed by atoms with E-state index in [1.54, 1.807) is 0 Å². The van der Waals surface area contributed by atoms with E-state index in [0.717, 1.165) is 19.4 Å². The number of halogens is 1. The van der Waals surface area contributed by atoms with Gasteiger partial charge >= 0.3 is 0 Å². The van der Waals surface area contributed by atoms with Gasteiger partial charge < -0.3 is 9.47 Å². The molecule has 0 N–H and O–H groups in total. The van der Waals surface area contributed by atoms with Gasteiger partial charge in [0.25, 0.3) is 0 Å². The lowest BCUT2D eigenvalue weighted by Gasteiger charge is -2.11. The summed E-state index contributed by atoms with van der Waals surface area (Å²) in [5, 5.41) is 0. The van der Waals surface area contributed by atoms with Gasteiger partial charge in [-0.05, 0) is 0 Å². The van der Waals surface area contributed by atoms with Gasteiger partial charge in [-0.1, -0.05) is 13.1 Å². The van der Waals surface area contributed by atoms with Crippen molar-refractivity contribution in [3.63, 3.8) is 0 Å². The lowest BCUT2D eigenvalue weighted by molar-refractivity contribution is 0.151. The van der Waals surface area contributed by atoms with Gasteiger partial charge in [0, 0.05) is 0 Å². The third-order valence-electron chi connectivity index (χ3n) is 1.15. The number of hydrogen-bond donors (Lipinski definition) is 0. The lowest BCUT2D eigenvalue weighted by Crippen LogP contribution is -2.26. The molecule has 1 atom stereocenters. The van der Waals surface area contributed by atoms with Gasteiger partial charge in [0.2, 0.25) is 0 Å². The van der Waals surface area contributed by atoms with E-state index in [1.807, 2.05) is 0 Å². The van der Waals surface area contributed by atoms with Crippen LogP contribution in [0, 0.1) is 0 Å². The SMILES string of the molecule is C[Si](C)(Cl)COCC1CO1. The highest BCUT2D eigenvalue weighted by Crippen LogP contribution is 2.12. The van der Waals surface area contributed by atoms with Crippen molar-refractivity contribution in [2.45, 2.75) is 19.2 Å². The zero-order chi connectivity index (χ0) is 7.61. The maximum absolute atomic E-state index is 6.01. The Labute approximate surface area is 67.2 Å². The molecule has 0 aromatic carbocycles. The van der Waals surface area contributed by atoms with Crippen LogP contribution in [0.3, 0.4) is 0 Å². The summed E-state index contributed by atoms with van der Waals surface area (Å²) in [7, 11) is -1.50. The topological polar surface area (TPSA) is 21.8 Å². The predicted octanol–water partition coefficient (Wildman–Crippen LogP) is 1.38. The van der Waals surface area contributed by atoms with Crippen LogP contribution in [0.25, 0.3) is 0 Å². The molecule has 1 aliphatic heterocycles. The Morgan fingerprint density at radius 3 is 2.70 bits per heavy atom. The van der Waals surface area contributed by atoms with E-state index in [-0.39, 0.29) is 0 Å². The minimum atomic E-state index is -1.50. The van der Waals surface area contributed by atoms with Crippen molar-refractivity contribution in [2.75, 3.05) is 19.4 Å². The molecule has 1 heterocycles. The molecule has 0 spiro atoms. The average molecular weight is 181 g/mol. The predicted molar refractivity (Wildman–Crippen MR) is 43.9 cm³/mol. The van der Waals surface area contributed by atoms with Crippen LogP contribution in [0.1, 0.15) is 0 Å². The summed E-state index contributed by atoms with van der Waals surface area (Å²) in [5.74, 6) is 0. The number of epoxide rings is 1. The second kappa shape index (κ2) is 3.22. The van der Waals surface area contributed by atoms with Gasteiger partial charge in [0.15, 0.2) is 7.38 Å². The fourth-order valence-corrected chi connectivity index (χ4v) is 1.43. The second-order valence-corrected chi connectivity index (χ2v) is 9.98. The Hall–Kier alpha value is 0.427. The molecular weight excluding hydrogens is 168 g/mol. The van der Waals surface area contributed by atoms with Crippen LogP contribution in [0.4, 0.5) is 0 Å². The number of ether oxygens (including phenoxy) is 2. The smallest absolute Gasteiger partial charge is 0.176 e. The largest absolute Gasteiger partial charge is 0.380 e. The zero-order valence-electron chi connectivity index (χ0n) is 6.39. The molecule has 0 radical (unpaired) electrons. The second-order valence-electron chi connectivity index (χ2n) is 3.19. The van der Waals surface area contributed by atoms with Crippen LogP contribution in [-0.2, 0) is 9.47 Å². The molecule has 1 unspecified atom stereocenters. The van der Waals surface area contributed by atoms with Crippen molar-refractivity contribution in [3.05, 3.63) is 0 Å². The van der Waals surface area contributed by atoms with Crippen molar-refractivity contribution in [2.24, 2.45) is 0 Å². The van der Waals surface area contributed by atoms with E-state index in [4.69, 9.17) is 20.6 Å². The van der Waals surface area contributed by atoms with E-state index >= 15 is 0 Å². The van der Waals surface area contributed by atoms with Crippen LogP contribution in [-0.4, -0.2) is 32.9 Å². The van der Waals surface area contributed by atoms with Crippen molar-refractivity contribution in [1.29, 1.82) is 0 Å². The Balaban J connectivity index is 1.93. The summed E-state index contributed by atoms with van der Waals surface area (Å²) in [6.45, 7) is 5.73. The summed E-state index contributed by atoms with van der Waals surface area (Å²) >= 11 is 6.01. The number of rotatable bonds is 4. The van der Waals surface area contributed by atoms with Gasteiger partial charge in [-0.25, -0.2) is 0 Å². The minimum absolute atomic E-state index is 0.369. The monoisotopic (exact) mass is 180 g/mol. The van der Waals surface area contributed by atoms with Crippen LogP contribution in [0.5, 0.6) is 0 Å². The van der Waals surface area contributed by atoms with Gasteiger partial charge in [0.1, 0.15) is 6.10 Å². The minimum Gasteiger partial charge on any atom is -0.380 e. The first kappa shape index (κ1) is 8.52. The molecule has 1 fully saturated rings. The highest BCUT2D eigenvalue weighted by Gasteiger charge is 2.24. The Morgan fingerprint density at radius 2 is 2.30 bits per heavy atom. The van der Waals surface area contributed by atoms with Crippen LogP contribution in [0.15, 0.2) is 0 Å². The first-order chi connectivity index (χ1) is 4.58. The first-order valence-electron chi connectivity index (χ1n) is 3.46. The first-order valence-corrected chi connectivity index (χ1v) is 7.68. The summed E-state index contributed by atoms with van der Waals surface area (Å²) < 4.78 is 10.3. The molecule has 1 rings (SSSR count). The van der Waals surface area contributed by atoms with Gasteiger partial charge in [-0.3, -0.25) is 0 Å². The van der Waals surface area contributed by atoms with E-state index in [1.165, 1.54) is 0 Å². The molecule has 2 nitrogen and oxygen atoms in total. The lowest BCUT2D eigenvalue weighted by atomic mass is 10.5. The highest BCUT2D eigenvalue weighted by molar-refractivity contribution is 7.19. The average Bonchev–Trinajstić information content (AvgIpc) is 2.45. The molecular formula is C6H13ClO2Si. The molecule has 10 heavy (non-hydrogen) atoms. The van der Waals surface area contributed by atoms with Gasteiger partial charge in [-0.2, -0.15) is 11.1 Å². The summed E-state index contributed by atoms with van der Waals surface area (Å²) in [6, 6.07) is 0. The molecule has 0 saturated carbocycles. The van der Waals surface area contributed by atoms with Crippen LogP contribution < -0.4 is 0 Å². The standard InChI is InChI=1S/C6H13ClO2Si/c1-10(2,7)5-8-3-6-4-9-6/h6H,3-5H2,1-2H3. The van der Waals surface area contributed by atoms with Crippen LogP contribution in [0.2, 0.25) is 13.1 Å².